The van der Waals surface area contributed by atoms with E-state index in [-0.39, 0.29) is 5.91 Å². The molecule has 0 radical (unpaired) electrons. The average Bonchev–Trinajstić information content (AvgIpc) is 2.54. The van der Waals surface area contributed by atoms with E-state index in [4.69, 9.17) is 9.47 Å². The third-order valence-electron chi connectivity index (χ3n) is 3.53. The van der Waals surface area contributed by atoms with Gasteiger partial charge in [0.25, 0.3) is 5.91 Å². The SMILES string of the molecule is CC(O)c1cc2c(cc1NC(=O)c1ccccc1I)OCCO2. The van der Waals surface area contributed by atoms with Crippen LogP contribution in [0.5, 0.6) is 11.5 Å². The summed E-state index contributed by atoms with van der Waals surface area (Å²) in [6, 6.07) is 10.7. The second-order valence-corrected chi connectivity index (χ2v) is 6.36. The molecular weight excluding hydrogens is 409 g/mol. The molecule has 0 saturated heterocycles. The number of amides is 1. The maximum Gasteiger partial charge on any atom is 0.256 e. The molecule has 1 aliphatic heterocycles. The fourth-order valence-electron chi connectivity index (χ4n) is 2.39. The van der Waals surface area contributed by atoms with Crippen molar-refractivity contribution in [2.75, 3.05) is 18.5 Å². The third kappa shape index (κ3) is 3.42. The largest absolute Gasteiger partial charge is 0.486 e. The molecule has 0 spiro atoms. The van der Waals surface area contributed by atoms with Gasteiger partial charge in [-0.1, -0.05) is 12.1 Å². The molecule has 0 aromatic heterocycles. The maximum atomic E-state index is 12.5. The van der Waals surface area contributed by atoms with Crippen LogP contribution in [-0.2, 0) is 0 Å². The average molecular weight is 425 g/mol. The van der Waals surface area contributed by atoms with Gasteiger partial charge >= 0.3 is 0 Å². The molecule has 2 N–H and O–H groups in total. The molecule has 1 amide bonds. The molecule has 2 aromatic rings. The predicted octanol–water partition coefficient (Wildman–Crippen LogP) is 3.37. The van der Waals surface area contributed by atoms with Crippen LogP contribution in [0.4, 0.5) is 5.69 Å². The molecule has 120 valence electrons. The van der Waals surface area contributed by atoms with Crippen LogP contribution in [0.3, 0.4) is 0 Å². The molecule has 3 rings (SSSR count). The fraction of sp³-hybridized carbons (Fsp3) is 0.235. The van der Waals surface area contributed by atoms with Gasteiger partial charge in [0.2, 0.25) is 0 Å². The van der Waals surface area contributed by atoms with Gasteiger partial charge in [-0.25, -0.2) is 0 Å². The van der Waals surface area contributed by atoms with Crippen LogP contribution < -0.4 is 14.8 Å². The van der Waals surface area contributed by atoms with E-state index >= 15 is 0 Å². The zero-order chi connectivity index (χ0) is 16.4. The van der Waals surface area contributed by atoms with Crippen molar-refractivity contribution in [2.45, 2.75) is 13.0 Å². The Morgan fingerprint density at radius 3 is 2.52 bits per heavy atom. The Bertz CT molecular complexity index is 745. The molecule has 23 heavy (non-hydrogen) atoms. The molecular formula is C17H16INO4. The smallest absolute Gasteiger partial charge is 0.256 e. The lowest BCUT2D eigenvalue weighted by Crippen LogP contribution is -2.18. The van der Waals surface area contributed by atoms with Gasteiger partial charge in [0.15, 0.2) is 11.5 Å². The highest BCUT2D eigenvalue weighted by Gasteiger charge is 2.20. The topological polar surface area (TPSA) is 67.8 Å². The van der Waals surface area contributed by atoms with E-state index in [9.17, 15) is 9.90 Å². The number of nitrogens with one attached hydrogen (secondary N) is 1. The number of rotatable bonds is 3. The molecule has 1 heterocycles. The highest BCUT2D eigenvalue weighted by atomic mass is 127. The molecule has 1 aliphatic rings. The van der Waals surface area contributed by atoms with Gasteiger partial charge in [0, 0.05) is 15.2 Å². The van der Waals surface area contributed by atoms with Gasteiger partial charge < -0.3 is 19.9 Å². The van der Waals surface area contributed by atoms with Crippen molar-refractivity contribution >= 4 is 34.2 Å². The number of carbonyl (C=O) groups is 1. The van der Waals surface area contributed by atoms with Crippen LogP contribution in [0.2, 0.25) is 0 Å². The van der Waals surface area contributed by atoms with E-state index in [0.29, 0.717) is 41.5 Å². The Balaban J connectivity index is 1.95. The van der Waals surface area contributed by atoms with Crippen molar-refractivity contribution in [1.82, 2.24) is 0 Å². The van der Waals surface area contributed by atoms with Crippen LogP contribution in [-0.4, -0.2) is 24.2 Å². The number of fused-ring (bicyclic) bond motifs is 1. The number of aliphatic hydroxyl groups is 1. The van der Waals surface area contributed by atoms with Crippen LogP contribution in [0, 0.1) is 3.57 Å². The Morgan fingerprint density at radius 1 is 1.22 bits per heavy atom. The van der Waals surface area contributed by atoms with E-state index in [1.54, 1.807) is 25.1 Å². The van der Waals surface area contributed by atoms with Crippen molar-refractivity contribution in [2.24, 2.45) is 0 Å². The summed E-state index contributed by atoms with van der Waals surface area (Å²) in [6.45, 7) is 2.58. The molecule has 0 fully saturated rings. The summed E-state index contributed by atoms with van der Waals surface area (Å²) < 4.78 is 11.9. The molecule has 5 nitrogen and oxygen atoms in total. The van der Waals surface area contributed by atoms with Crippen molar-refractivity contribution in [3.8, 4) is 11.5 Å². The summed E-state index contributed by atoms with van der Waals surface area (Å²) in [4.78, 5) is 12.5. The van der Waals surface area contributed by atoms with Crippen LogP contribution in [0.15, 0.2) is 36.4 Å². The van der Waals surface area contributed by atoms with E-state index in [0.717, 1.165) is 3.57 Å². The Labute approximate surface area is 147 Å². The number of carbonyl (C=O) groups excluding carboxylic acids is 1. The monoisotopic (exact) mass is 425 g/mol. The summed E-state index contributed by atoms with van der Waals surface area (Å²) >= 11 is 2.12. The first-order valence-corrected chi connectivity index (χ1v) is 8.31. The zero-order valence-corrected chi connectivity index (χ0v) is 14.7. The maximum absolute atomic E-state index is 12.5. The number of aliphatic hydroxyl groups excluding tert-OH is 1. The van der Waals surface area contributed by atoms with Gasteiger partial charge in [-0.2, -0.15) is 0 Å². The minimum absolute atomic E-state index is 0.228. The molecule has 1 atom stereocenters. The number of anilines is 1. The number of ether oxygens (including phenoxy) is 2. The summed E-state index contributed by atoms with van der Waals surface area (Å²) in [5.41, 5.74) is 1.70. The van der Waals surface area contributed by atoms with Crippen molar-refractivity contribution in [1.29, 1.82) is 0 Å². The lowest BCUT2D eigenvalue weighted by atomic mass is 10.1. The minimum Gasteiger partial charge on any atom is -0.486 e. The van der Waals surface area contributed by atoms with Crippen molar-refractivity contribution in [3.05, 3.63) is 51.1 Å². The molecule has 0 aliphatic carbocycles. The van der Waals surface area contributed by atoms with E-state index in [1.807, 2.05) is 18.2 Å². The number of hydrogen-bond acceptors (Lipinski definition) is 4. The highest BCUT2D eigenvalue weighted by Crippen LogP contribution is 2.38. The van der Waals surface area contributed by atoms with Crippen LogP contribution in [0.1, 0.15) is 28.9 Å². The van der Waals surface area contributed by atoms with Gasteiger partial charge in [-0.3, -0.25) is 4.79 Å². The van der Waals surface area contributed by atoms with Crippen molar-refractivity contribution < 1.29 is 19.4 Å². The second kappa shape index (κ2) is 6.76. The minimum atomic E-state index is -0.740. The van der Waals surface area contributed by atoms with Gasteiger partial charge in [0.1, 0.15) is 13.2 Å². The first kappa shape index (κ1) is 16.1. The summed E-state index contributed by atoms with van der Waals surface area (Å²) in [6.07, 6.45) is -0.740. The fourth-order valence-corrected chi connectivity index (χ4v) is 3.03. The molecule has 6 heteroatoms. The number of hydrogen-bond donors (Lipinski definition) is 2. The Kier molecular flexibility index (Phi) is 4.72. The molecule has 0 saturated carbocycles. The second-order valence-electron chi connectivity index (χ2n) is 5.19. The summed E-state index contributed by atoms with van der Waals surface area (Å²) in [5.74, 6) is 0.923. The summed E-state index contributed by atoms with van der Waals surface area (Å²) in [5, 5.41) is 12.9. The first-order valence-electron chi connectivity index (χ1n) is 7.23. The van der Waals surface area contributed by atoms with Gasteiger partial charge in [-0.15, -0.1) is 0 Å². The molecule has 2 aromatic carbocycles. The molecule has 0 bridgehead atoms. The standard InChI is InChI=1S/C17H16INO4/c1-10(20)12-8-15-16(23-7-6-22-15)9-14(12)19-17(21)11-4-2-3-5-13(11)18/h2-5,8-10,20H,6-7H2,1H3,(H,19,21). The lowest BCUT2D eigenvalue weighted by molar-refractivity contribution is 0.102. The first-order chi connectivity index (χ1) is 11.1. The van der Waals surface area contributed by atoms with Gasteiger partial charge in [-0.05, 0) is 47.7 Å². The zero-order valence-electron chi connectivity index (χ0n) is 12.5. The Morgan fingerprint density at radius 2 is 1.87 bits per heavy atom. The highest BCUT2D eigenvalue weighted by molar-refractivity contribution is 14.1. The number of halogens is 1. The molecule has 1 unspecified atom stereocenters. The van der Waals surface area contributed by atoms with E-state index < -0.39 is 6.10 Å². The van der Waals surface area contributed by atoms with Crippen LogP contribution in [0.25, 0.3) is 0 Å². The van der Waals surface area contributed by atoms with Crippen molar-refractivity contribution in [3.63, 3.8) is 0 Å². The Hall–Kier alpha value is -1.80. The van der Waals surface area contributed by atoms with Gasteiger partial charge in [0.05, 0.1) is 17.4 Å². The lowest BCUT2D eigenvalue weighted by Gasteiger charge is -2.22. The van der Waals surface area contributed by atoms with E-state index in [1.165, 1.54) is 0 Å². The predicted molar refractivity (Wildman–Crippen MR) is 95.2 cm³/mol. The normalized spacial score (nSPS) is 14.2. The quantitative estimate of drug-likeness (QED) is 0.741. The number of benzene rings is 2. The van der Waals surface area contributed by atoms with E-state index in [2.05, 4.69) is 27.9 Å². The van der Waals surface area contributed by atoms with Crippen LogP contribution >= 0.6 is 22.6 Å². The summed E-state index contributed by atoms with van der Waals surface area (Å²) in [7, 11) is 0. The third-order valence-corrected chi connectivity index (χ3v) is 4.47.